The lowest BCUT2D eigenvalue weighted by atomic mass is 10.1. The van der Waals surface area contributed by atoms with Crippen molar-refractivity contribution in [3.05, 3.63) is 58.6 Å². The van der Waals surface area contributed by atoms with Gasteiger partial charge in [-0.15, -0.1) is 0 Å². The molecule has 5 heteroatoms. The number of ether oxygens (including phenoxy) is 1. The summed E-state index contributed by atoms with van der Waals surface area (Å²) < 4.78 is 5.26. The summed E-state index contributed by atoms with van der Waals surface area (Å²) in [5.74, 6) is -0.424. The zero-order valence-electron chi connectivity index (χ0n) is 12.0. The number of anilines is 2. The van der Waals surface area contributed by atoms with Gasteiger partial charge in [0.05, 0.1) is 16.9 Å². The topological polar surface area (TPSA) is 55.6 Å². The Hall–Kier alpha value is -2.20. The number of nitrogens with two attached hydrogens (primary N) is 1. The van der Waals surface area contributed by atoms with Crippen LogP contribution in [0.25, 0.3) is 0 Å². The average Bonchev–Trinajstić information content (AvgIpc) is 2.45. The predicted molar refractivity (Wildman–Crippen MR) is 85.8 cm³/mol. The Labute approximate surface area is 129 Å². The number of nitrogen functional groups attached to an aromatic ring is 1. The van der Waals surface area contributed by atoms with Crippen molar-refractivity contribution >= 4 is 28.9 Å². The maximum absolute atomic E-state index is 12.0. The largest absolute Gasteiger partial charge is 0.457 e. The molecule has 0 aliphatic carbocycles. The third-order valence-corrected chi connectivity index (χ3v) is 3.43. The second kappa shape index (κ2) is 6.50. The van der Waals surface area contributed by atoms with Crippen LogP contribution in [-0.2, 0) is 11.3 Å². The summed E-state index contributed by atoms with van der Waals surface area (Å²) >= 11 is 6.02. The highest BCUT2D eigenvalue weighted by molar-refractivity contribution is 6.31. The summed E-state index contributed by atoms with van der Waals surface area (Å²) in [5, 5.41) is 0.577. The maximum atomic E-state index is 12.0. The Morgan fingerprint density at radius 1 is 1.24 bits per heavy atom. The van der Waals surface area contributed by atoms with Crippen LogP contribution in [-0.4, -0.2) is 20.1 Å². The molecule has 21 heavy (non-hydrogen) atoms. The third kappa shape index (κ3) is 3.67. The van der Waals surface area contributed by atoms with Crippen LogP contribution in [0.3, 0.4) is 0 Å². The van der Waals surface area contributed by atoms with E-state index in [1.54, 1.807) is 24.3 Å². The van der Waals surface area contributed by atoms with E-state index in [9.17, 15) is 4.79 Å². The molecule has 2 rings (SSSR count). The lowest BCUT2D eigenvalue weighted by molar-refractivity contribution is 0.0473. The first kappa shape index (κ1) is 15.2. The van der Waals surface area contributed by atoms with Gasteiger partial charge in [-0.2, -0.15) is 0 Å². The zero-order chi connectivity index (χ0) is 15.4. The summed E-state index contributed by atoms with van der Waals surface area (Å²) in [7, 11) is 3.78. The summed E-state index contributed by atoms with van der Waals surface area (Å²) in [4.78, 5) is 13.9. The Morgan fingerprint density at radius 2 is 1.95 bits per heavy atom. The number of rotatable bonds is 4. The number of carbonyl (C=O) groups is 1. The van der Waals surface area contributed by atoms with Gasteiger partial charge in [0.15, 0.2) is 0 Å². The van der Waals surface area contributed by atoms with Gasteiger partial charge in [-0.3, -0.25) is 0 Å². The highest BCUT2D eigenvalue weighted by atomic mass is 35.5. The van der Waals surface area contributed by atoms with Gasteiger partial charge in [-0.1, -0.05) is 29.8 Å². The number of hydrogen-bond acceptors (Lipinski definition) is 4. The molecule has 0 saturated carbocycles. The standard InChI is InChI=1S/C16H17ClN2O2/c1-19(2)15-8-7-11(9-14(15)18)16(20)21-10-12-5-3-4-6-13(12)17/h3-9H,10,18H2,1-2H3. The van der Waals surface area contributed by atoms with Crippen LogP contribution in [0, 0.1) is 0 Å². The Bertz CT molecular complexity index is 656. The number of hydrogen-bond donors (Lipinski definition) is 1. The van der Waals surface area contributed by atoms with E-state index in [1.807, 2.05) is 37.2 Å². The van der Waals surface area contributed by atoms with Crippen LogP contribution in [0.15, 0.2) is 42.5 Å². The molecular weight excluding hydrogens is 288 g/mol. The van der Waals surface area contributed by atoms with Gasteiger partial charge in [0.25, 0.3) is 0 Å². The Morgan fingerprint density at radius 3 is 2.57 bits per heavy atom. The SMILES string of the molecule is CN(C)c1ccc(C(=O)OCc2ccccc2Cl)cc1N. The molecule has 0 aliphatic heterocycles. The van der Waals surface area contributed by atoms with E-state index >= 15 is 0 Å². The van der Waals surface area contributed by atoms with Gasteiger partial charge >= 0.3 is 5.97 Å². The van der Waals surface area contributed by atoms with E-state index in [1.165, 1.54) is 0 Å². The number of nitrogens with zero attached hydrogens (tertiary/aromatic N) is 1. The monoisotopic (exact) mass is 304 g/mol. The summed E-state index contributed by atoms with van der Waals surface area (Å²) in [5.41, 5.74) is 8.50. The van der Waals surface area contributed by atoms with Crippen molar-refractivity contribution in [3.63, 3.8) is 0 Å². The molecule has 110 valence electrons. The Kier molecular flexibility index (Phi) is 4.70. The molecule has 0 amide bonds. The van der Waals surface area contributed by atoms with Crippen molar-refractivity contribution in [2.24, 2.45) is 0 Å². The van der Waals surface area contributed by atoms with Crippen LogP contribution in [0.1, 0.15) is 15.9 Å². The molecule has 0 fully saturated rings. The molecule has 2 aromatic carbocycles. The summed E-state index contributed by atoms with van der Waals surface area (Å²) in [6.45, 7) is 0.133. The van der Waals surface area contributed by atoms with Gasteiger partial charge in [-0.25, -0.2) is 4.79 Å². The van der Waals surface area contributed by atoms with Crippen LogP contribution in [0.5, 0.6) is 0 Å². The average molecular weight is 305 g/mol. The molecule has 0 saturated heterocycles. The maximum Gasteiger partial charge on any atom is 0.338 e. The number of halogens is 1. The van der Waals surface area contributed by atoms with E-state index in [4.69, 9.17) is 22.1 Å². The van der Waals surface area contributed by atoms with Gasteiger partial charge < -0.3 is 15.4 Å². The minimum Gasteiger partial charge on any atom is -0.457 e. The smallest absolute Gasteiger partial charge is 0.338 e. The molecule has 4 nitrogen and oxygen atoms in total. The summed E-state index contributed by atoms with van der Waals surface area (Å²) in [6.07, 6.45) is 0. The van der Waals surface area contributed by atoms with E-state index < -0.39 is 5.97 Å². The van der Waals surface area contributed by atoms with E-state index in [-0.39, 0.29) is 6.61 Å². The van der Waals surface area contributed by atoms with Crippen molar-refractivity contribution in [2.45, 2.75) is 6.61 Å². The van der Waals surface area contributed by atoms with Crippen molar-refractivity contribution in [2.75, 3.05) is 24.7 Å². The fraction of sp³-hybridized carbons (Fsp3) is 0.188. The first-order chi connectivity index (χ1) is 9.99. The zero-order valence-corrected chi connectivity index (χ0v) is 12.7. The molecular formula is C16H17ClN2O2. The lowest BCUT2D eigenvalue weighted by Gasteiger charge is -2.15. The van der Waals surface area contributed by atoms with E-state index in [2.05, 4.69) is 0 Å². The number of carbonyl (C=O) groups excluding carboxylic acids is 1. The second-order valence-corrected chi connectivity index (χ2v) is 5.24. The molecule has 0 radical (unpaired) electrons. The molecule has 0 atom stereocenters. The Balaban J connectivity index is 2.07. The van der Waals surface area contributed by atoms with Crippen molar-refractivity contribution < 1.29 is 9.53 Å². The van der Waals surface area contributed by atoms with Gasteiger partial charge in [0.2, 0.25) is 0 Å². The predicted octanol–water partition coefficient (Wildman–Crippen LogP) is 3.35. The fourth-order valence-corrected chi connectivity index (χ4v) is 2.12. The van der Waals surface area contributed by atoms with Crippen LogP contribution in [0.4, 0.5) is 11.4 Å². The first-order valence-electron chi connectivity index (χ1n) is 6.46. The first-order valence-corrected chi connectivity index (χ1v) is 6.84. The van der Waals surface area contributed by atoms with E-state index in [0.717, 1.165) is 11.3 Å². The highest BCUT2D eigenvalue weighted by Gasteiger charge is 2.11. The quantitative estimate of drug-likeness (QED) is 0.695. The number of benzene rings is 2. The highest BCUT2D eigenvalue weighted by Crippen LogP contribution is 2.23. The van der Waals surface area contributed by atoms with Crippen LogP contribution in [0.2, 0.25) is 5.02 Å². The molecule has 0 aromatic heterocycles. The van der Waals surface area contributed by atoms with Gasteiger partial charge in [0.1, 0.15) is 6.61 Å². The molecule has 2 N–H and O–H groups in total. The summed E-state index contributed by atoms with van der Waals surface area (Å²) in [6, 6.07) is 12.4. The third-order valence-electron chi connectivity index (χ3n) is 3.06. The number of esters is 1. The molecule has 0 bridgehead atoms. The van der Waals surface area contributed by atoms with Crippen molar-refractivity contribution in [3.8, 4) is 0 Å². The fourth-order valence-electron chi connectivity index (χ4n) is 1.93. The van der Waals surface area contributed by atoms with Gasteiger partial charge in [0, 0.05) is 24.7 Å². The molecule has 0 spiro atoms. The lowest BCUT2D eigenvalue weighted by Crippen LogP contribution is -2.12. The molecule has 0 heterocycles. The van der Waals surface area contributed by atoms with Crippen molar-refractivity contribution in [1.82, 2.24) is 0 Å². The van der Waals surface area contributed by atoms with Gasteiger partial charge in [-0.05, 0) is 24.3 Å². The van der Waals surface area contributed by atoms with Crippen molar-refractivity contribution in [1.29, 1.82) is 0 Å². The van der Waals surface area contributed by atoms with Crippen LogP contribution < -0.4 is 10.6 Å². The van der Waals surface area contributed by atoms with E-state index in [0.29, 0.717) is 16.3 Å². The molecule has 0 aliphatic rings. The van der Waals surface area contributed by atoms with Crippen LogP contribution >= 0.6 is 11.6 Å². The second-order valence-electron chi connectivity index (χ2n) is 4.84. The normalized spacial score (nSPS) is 10.2. The minimum atomic E-state index is -0.424. The minimum absolute atomic E-state index is 0.133. The molecule has 2 aromatic rings. The molecule has 0 unspecified atom stereocenters.